The fourth-order valence-corrected chi connectivity index (χ4v) is 2.49. The Labute approximate surface area is 118 Å². The van der Waals surface area contributed by atoms with Gasteiger partial charge in [0, 0.05) is 50.7 Å². The summed E-state index contributed by atoms with van der Waals surface area (Å²) >= 11 is 0. The van der Waals surface area contributed by atoms with Crippen LogP contribution in [-0.2, 0) is 27.1 Å². The first kappa shape index (κ1) is 12.9. The van der Waals surface area contributed by atoms with Gasteiger partial charge >= 0.3 is 0 Å². The first-order valence-electron chi connectivity index (χ1n) is 6.82. The first-order valence-corrected chi connectivity index (χ1v) is 6.82. The zero-order chi connectivity index (χ0) is 13.9. The summed E-state index contributed by atoms with van der Waals surface area (Å²) in [6.07, 6.45) is 4.78. The third kappa shape index (κ3) is 2.58. The van der Waals surface area contributed by atoms with Gasteiger partial charge in [0.1, 0.15) is 6.33 Å². The highest BCUT2D eigenvalue weighted by Gasteiger charge is 2.05. The Morgan fingerprint density at radius 2 is 2.05 bits per heavy atom. The van der Waals surface area contributed by atoms with Crippen molar-refractivity contribution in [1.82, 2.24) is 24.6 Å². The van der Waals surface area contributed by atoms with E-state index in [4.69, 9.17) is 0 Å². The number of hydrogen-bond acceptors (Lipinski definition) is 3. The number of benzene rings is 1. The number of nitrogens with zero attached hydrogens (tertiary/aromatic N) is 4. The zero-order valence-electron chi connectivity index (χ0n) is 11.9. The van der Waals surface area contributed by atoms with Crippen molar-refractivity contribution in [3.05, 3.63) is 48.2 Å². The SMILES string of the molecule is Cn1cnc(CCNCc2cn(C)c3ccccc23)n1. The molecule has 3 rings (SSSR count). The Morgan fingerprint density at radius 1 is 1.20 bits per heavy atom. The van der Waals surface area contributed by atoms with E-state index in [1.54, 1.807) is 11.0 Å². The van der Waals surface area contributed by atoms with Gasteiger partial charge in [-0.15, -0.1) is 0 Å². The van der Waals surface area contributed by atoms with Crippen LogP contribution in [-0.4, -0.2) is 25.9 Å². The summed E-state index contributed by atoms with van der Waals surface area (Å²) in [7, 11) is 3.98. The quantitative estimate of drug-likeness (QED) is 0.716. The number of hydrogen-bond donors (Lipinski definition) is 1. The van der Waals surface area contributed by atoms with Crippen molar-refractivity contribution in [2.75, 3.05) is 6.54 Å². The summed E-state index contributed by atoms with van der Waals surface area (Å²) in [5.41, 5.74) is 2.60. The molecule has 2 aromatic heterocycles. The Morgan fingerprint density at radius 3 is 2.85 bits per heavy atom. The molecule has 0 saturated heterocycles. The molecule has 0 fully saturated rings. The standard InChI is InChI=1S/C15H19N5/c1-19-10-12(13-5-3-4-6-14(13)19)9-16-8-7-15-17-11-20(2)18-15/h3-6,10-11,16H,7-9H2,1-2H3. The first-order chi connectivity index (χ1) is 9.74. The minimum Gasteiger partial charge on any atom is -0.350 e. The molecule has 0 bridgehead atoms. The molecule has 0 aliphatic heterocycles. The molecule has 0 amide bonds. The van der Waals surface area contributed by atoms with E-state index >= 15 is 0 Å². The van der Waals surface area contributed by atoms with Crippen LogP contribution >= 0.6 is 0 Å². The van der Waals surface area contributed by atoms with E-state index in [1.165, 1.54) is 16.5 Å². The van der Waals surface area contributed by atoms with Crippen molar-refractivity contribution in [3.8, 4) is 0 Å². The van der Waals surface area contributed by atoms with Crippen LogP contribution in [0.25, 0.3) is 10.9 Å². The van der Waals surface area contributed by atoms with Gasteiger partial charge in [-0.1, -0.05) is 18.2 Å². The molecular formula is C15H19N5. The maximum atomic E-state index is 4.27. The van der Waals surface area contributed by atoms with Crippen LogP contribution in [0.5, 0.6) is 0 Å². The van der Waals surface area contributed by atoms with Crippen LogP contribution in [0.15, 0.2) is 36.8 Å². The molecule has 0 atom stereocenters. The lowest BCUT2D eigenvalue weighted by molar-refractivity contribution is 0.662. The van der Waals surface area contributed by atoms with Gasteiger partial charge in [0.25, 0.3) is 0 Å². The lowest BCUT2D eigenvalue weighted by atomic mass is 10.2. The Balaban J connectivity index is 1.60. The average Bonchev–Trinajstić information content (AvgIpc) is 3.00. The summed E-state index contributed by atoms with van der Waals surface area (Å²) in [4.78, 5) is 4.22. The summed E-state index contributed by atoms with van der Waals surface area (Å²) < 4.78 is 3.91. The van der Waals surface area contributed by atoms with Gasteiger partial charge in [0.2, 0.25) is 0 Å². The number of nitrogens with one attached hydrogen (secondary N) is 1. The summed E-state index contributed by atoms with van der Waals surface area (Å²) in [6, 6.07) is 8.49. The summed E-state index contributed by atoms with van der Waals surface area (Å²) in [5.74, 6) is 0.887. The third-order valence-electron chi connectivity index (χ3n) is 3.47. The summed E-state index contributed by atoms with van der Waals surface area (Å²) in [6.45, 7) is 1.75. The molecule has 3 aromatic rings. The van der Waals surface area contributed by atoms with Gasteiger partial charge in [-0.3, -0.25) is 4.68 Å². The summed E-state index contributed by atoms with van der Waals surface area (Å²) in [5, 5.41) is 9.05. The van der Waals surface area contributed by atoms with Crippen molar-refractivity contribution in [2.24, 2.45) is 14.1 Å². The van der Waals surface area contributed by atoms with Crippen LogP contribution in [0.1, 0.15) is 11.4 Å². The van der Waals surface area contributed by atoms with E-state index in [1.807, 2.05) is 7.05 Å². The maximum Gasteiger partial charge on any atom is 0.151 e. The highest BCUT2D eigenvalue weighted by Crippen LogP contribution is 2.19. The smallest absolute Gasteiger partial charge is 0.151 e. The molecule has 5 nitrogen and oxygen atoms in total. The van der Waals surface area contributed by atoms with E-state index in [2.05, 4.69) is 57.5 Å². The predicted octanol–water partition coefficient (Wildman–Crippen LogP) is 1.64. The van der Waals surface area contributed by atoms with E-state index in [0.29, 0.717) is 0 Å². The highest BCUT2D eigenvalue weighted by molar-refractivity contribution is 5.83. The number of fused-ring (bicyclic) bond motifs is 1. The van der Waals surface area contributed by atoms with Crippen molar-refractivity contribution in [1.29, 1.82) is 0 Å². The molecule has 5 heteroatoms. The number of aryl methyl sites for hydroxylation is 2. The highest BCUT2D eigenvalue weighted by atomic mass is 15.3. The van der Waals surface area contributed by atoms with Crippen LogP contribution in [0, 0.1) is 0 Å². The normalized spacial score (nSPS) is 11.3. The second kappa shape index (κ2) is 5.46. The van der Waals surface area contributed by atoms with Crippen molar-refractivity contribution >= 4 is 10.9 Å². The molecule has 0 saturated carbocycles. The third-order valence-corrected chi connectivity index (χ3v) is 3.47. The molecule has 0 unspecified atom stereocenters. The van der Waals surface area contributed by atoms with Gasteiger partial charge in [-0.05, 0) is 11.6 Å². The van der Waals surface area contributed by atoms with Gasteiger partial charge in [-0.2, -0.15) is 5.10 Å². The fraction of sp³-hybridized carbons (Fsp3) is 0.333. The topological polar surface area (TPSA) is 47.7 Å². The molecule has 20 heavy (non-hydrogen) atoms. The van der Waals surface area contributed by atoms with E-state index in [-0.39, 0.29) is 0 Å². The Hall–Kier alpha value is -2.14. The van der Waals surface area contributed by atoms with Crippen LogP contribution < -0.4 is 5.32 Å². The Kier molecular flexibility index (Phi) is 3.52. The minimum atomic E-state index is 0.853. The van der Waals surface area contributed by atoms with E-state index < -0.39 is 0 Å². The fourth-order valence-electron chi connectivity index (χ4n) is 2.49. The van der Waals surface area contributed by atoms with Gasteiger partial charge in [0.15, 0.2) is 5.82 Å². The molecule has 0 aliphatic rings. The van der Waals surface area contributed by atoms with Crippen LogP contribution in [0.3, 0.4) is 0 Å². The van der Waals surface area contributed by atoms with Crippen molar-refractivity contribution in [3.63, 3.8) is 0 Å². The molecule has 1 N–H and O–H groups in total. The molecule has 2 heterocycles. The van der Waals surface area contributed by atoms with E-state index in [0.717, 1.165) is 25.3 Å². The lowest BCUT2D eigenvalue weighted by Crippen LogP contribution is -2.17. The van der Waals surface area contributed by atoms with E-state index in [9.17, 15) is 0 Å². The zero-order valence-corrected chi connectivity index (χ0v) is 11.9. The molecule has 0 radical (unpaired) electrons. The average molecular weight is 269 g/mol. The molecule has 0 spiro atoms. The molecular weight excluding hydrogens is 250 g/mol. The minimum absolute atomic E-state index is 0.853. The predicted molar refractivity (Wildman–Crippen MR) is 79.3 cm³/mol. The van der Waals surface area contributed by atoms with Crippen LogP contribution in [0.4, 0.5) is 0 Å². The second-order valence-corrected chi connectivity index (χ2v) is 5.04. The van der Waals surface area contributed by atoms with Crippen LogP contribution in [0.2, 0.25) is 0 Å². The Bertz CT molecular complexity index is 710. The molecule has 0 aliphatic carbocycles. The maximum absolute atomic E-state index is 4.27. The molecule has 1 aromatic carbocycles. The monoisotopic (exact) mass is 269 g/mol. The van der Waals surface area contributed by atoms with Crippen molar-refractivity contribution < 1.29 is 0 Å². The largest absolute Gasteiger partial charge is 0.350 e. The van der Waals surface area contributed by atoms with Gasteiger partial charge < -0.3 is 9.88 Å². The number of rotatable bonds is 5. The molecule has 104 valence electrons. The van der Waals surface area contributed by atoms with Gasteiger partial charge in [-0.25, -0.2) is 4.98 Å². The van der Waals surface area contributed by atoms with Crippen molar-refractivity contribution in [2.45, 2.75) is 13.0 Å². The van der Waals surface area contributed by atoms with Gasteiger partial charge in [0.05, 0.1) is 0 Å². The second-order valence-electron chi connectivity index (χ2n) is 5.04. The number of para-hydroxylation sites is 1. The number of aromatic nitrogens is 4. The lowest BCUT2D eigenvalue weighted by Gasteiger charge is -2.02.